The van der Waals surface area contributed by atoms with E-state index in [1.165, 1.54) is 15.0 Å². The zero-order chi connectivity index (χ0) is 14.8. The maximum Gasteiger partial charge on any atom is 0.263 e. The quantitative estimate of drug-likeness (QED) is 0.688. The van der Waals surface area contributed by atoms with Gasteiger partial charge < -0.3 is 10.2 Å². The summed E-state index contributed by atoms with van der Waals surface area (Å²) in [6.07, 6.45) is 1.90. The molecular formula is C16H18N2OS2. The van der Waals surface area contributed by atoms with Crippen LogP contribution >= 0.6 is 23.1 Å². The van der Waals surface area contributed by atoms with E-state index >= 15 is 0 Å². The summed E-state index contributed by atoms with van der Waals surface area (Å²) in [5, 5.41) is 4.17. The van der Waals surface area contributed by atoms with E-state index in [1.807, 2.05) is 17.8 Å². The van der Waals surface area contributed by atoms with E-state index in [-0.39, 0.29) is 5.91 Å². The molecule has 0 spiro atoms. The molecule has 0 saturated carbocycles. The SMILES string of the molecule is C=CCN1CCNC(=O)c2sc3ccc(SCC)cc3c21. The largest absolute Gasteiger partial charge is 0.364 e. The van der Waals surface area contributed by atoms with Crippen molar-refractivity contribution in [2.45, 2.75) is 11.8 Å². The highest BCUT2D eigenvalue weighted by Gasteiger charge is 2.25. The number of nitrogens with zero attached hydrogens (tertiary/aromatic N) is 1. The number of anilines is 1. The topological polar surface area (TPSA) is 32.3 Å². The second-order valence-electron chi connectivity index (χ2n) is 4.86. The number of rotatable bonds is 4. The number of thioether (sulfide) groups is 1. The van der Waals surface area contributed by atoms with Crippen LogP contribution in [0.1, 0.15) is 16.6 Å². The van der Waals surface area contributed by atoms with Gasteiger partial charge in [-0.3, -0.25) is 4.79 Å². The van der Waals surface area contributed by atoms with E-state index in [9.17, 15) is 4.79 Å². The number of benzene rings is 1. The van der Waals surface area contributed by atoms with Crippen molar-refractivity contribution >= 4 is 44.8 Å². The Morgan fingerprint density at radius 1 is 1.52 bits per heavy atom. The van der Waals surface area contributed by atoms with Gasteiger partial charge in [-0.05, 0) is 24.0 Å². The molecule has 0 radical (unpaired) electrons. The molecule has 3 nitrogen and oxygen atoms in total. The molecule has 0 saturated heterocycles. The average Bonchev–Trinajstić information content (AvgIpc) is 2.78. The highest BCUT2D eigenvalue weighted by molar-refractivity contribution is 7.99. The first-order valence-electron chi connectivity index (χ1n) is 7.08. The first-order chi connectivity index (χ1) is 10.2. The van der Waals surface area contributed by atoms with Crippen LogP contribution in [0.15, 0.2) is 35.7 Å². The smallest absolute Gasteiger partial charge is 0.263 e. The highest BCUT2D eigenvalue weighted by atomic mass is 32.2. The van der Waals surface area contributed by atoms with Crippen LogP contribution in [0.25, 0.3) is 10.1 Å². The molecule has 1 aromatic carbocycles. The Labute approximate surface area is 133 Å². The van der Waals surface area contributed by atoms with Crippen molar-refractivity contribution in [1.82, 2.24) is 5.32 Å². The predicted molar refractivity (Wildman–Crippen MR) is 93.0 cm³/mol. The van der Waals surface area contributed by atoms with Gasteiger partial charge in [0, 0.05) is 34.6 Å². The predicted octanol–water partition coefficient (Wildman–Crippen LogP) is 3.75. The summed E-state index contributed by atoms with van der Waals surface area (Å²) in [7, 11) is 0. The van der Waals surface area contributed by atoms with Gasteiger partial charge in [0.25, 0.3) is 5.91 Å². The molecule has 3 rings (SSSR count). The second kappa shape index (κ2) is 6.12. The molecule has 2 heterocycles. The second-order valence-corrected chi connectivity index (χ2v) is 7.25. The van der Waals surface area contributed by atoms with Gasteiger partial charge in [-0.15, -0.1) is 29.7 Å². The number of amides is 1. The van der Waals surface area contributed by atoms with E-state index in [2.05, 4.69) is 41.9 Å². The number of hydrogen-bond donors (Lipinski definition) is 1. The molecule has 2 aromatic rings. The van der Waals surface area contributed by atoms with Gasteiger partial charge in [0.2, 0.25) is 0 Å². The number of carbonyl (C=O) groups excluding carboxylic acids is 1. The fraction of sp³-hybridized carbons (Fsp3) is 0.312. The van der Waals surface area contributed by atoms with Crippen molar-refractivity contribution in [3.63, 3.8) is 0 Å². The zero-order valence-electron chi connectivity index (χ0n) is 12.0. The minimum atomic E-state index is 0.0439. The monoisotopic (exact) mass is 318 g/mol. The van der Waals surface area contributed by atoms with Gasteiger partial charge in [-0.1, -0.05) is 13.0 Å². The average molecular weight is 318 g/mol. The Bertz CT molecular complexity index is 693. The number of carbonyl (C=O) groups is 1. The maximum absolute atomic E-state index is 12.3. The zero-order valence-corrected chi connectivity index (χ0v) is 13.6. The van der Waals surface area contributed by atoms with E-state index in [1.54, 1.807) is 11.3 Å². The molecule has 1 aliphatic rings. The molecule has 1 N–H and O–H groups in total. The first-order valence-corrected chi connectivity index (χ1v) is 8.88. The molecule has 0 unspecified atom stereocenters. The van der Waals surface area contributed by atoms with Crippen molar-refractivity contribution in [3.05, 3.63) is 35.7 Å². The van der Waals surface area contributed by atoms with Crippen LogP contribution in [0.4, 0.5) is 5.69 Å². The van der Waals surface area contributed by atoms with Crippen molar-refractivity contribution in [2.24, 2.45) is 0 Å². The molecule has 5 heteroatoms. The number of hydrogen-bond acceptors (Lipinski definition) is 4. The van der Waals surface area contributed by atoms with Crippen molar-refractivity contribution in [3.8, 4) is 0 Å². The minimum absolute atomic E-state index is 0.0439. The maximum atomic E-state index is 12.3. The number of thiophene rings is 1. The Kier molecular flexibility index (Phi) is 4.22. The van der Waals surface area contributed by atoms with Gasteiger partial charge in [-0.2, -0.15) is 0 Å². The summed E-state index contributed by atoms with van der Waals surface area (Å²) in [5.74, 6) is 1.09. The fourth-order valence-corrected chi connectivity index (χ4v) is 4.44. The lowest BCUT2D eigenvalue weighted by Gasteiger charge is -2.21. The molecule has 0 bridgehead atoms. The lowest BCUT2D eigenvalue weighted by Crippen LogP contribution is -2.30. The van der Waals surface area contributed by atoms with Crippen LogP contribution in [0.3, 0.4) is 0 Å². The summed E-state index contributed by atoms with van der Waals surface area (Å²) >= 11 is 3.41. The van der Waals surface area contributed by atoms with Crippen molar-refractivity contribution in [2.75, 3.05) is 30.3 Å². The highest BCUT2D eigenvalue weighted by Crippen LogP contribution is 2.40. The van der Waals surface area contributed by atoms with Gasteiger partial charge in [0.05, 0.1) is 5.69 Å². The summed E-state index contributed by atoms with van der Waals surface area (Å²) in [6.45, 7) is 8.26. The Morgan fingerprint density at radius 3 is 3.14 bits per heavy atom. The third-order valence-electron chi connectivity index (χ3n) is 3.48. The number of nitrogens with one attached hydrogen (secondary N) is 1. The van der Waals surface area contributed by atoms with Crippen LogP contribution in [0.5, 0.6) is 0 Å². The van der Waals surface area contributed by atoms with Gasteiger partial charge >= 0.3 is 0 Å². The summed E-state index contributed by atoms with van der Waals surface area (Å²) in [5.41, 5.74) is 1.07. The van der Waals surface area contributed by atoms with E-state index < -0.39 is 0 Å². The Hall–Kier alpha value is -1.46. The van der Waals surface area contributed by atoms with Crippen LogP contribution in [-0.4, -0.2) is 31.3 Å². The number of fused-ring (bicyclic) bond motifs is 3. The summed E-state index contributed by atoms with van der Waals surface area (Å²) in [6, 6.07) is 6.49. The molecule has 0 aliphatic carbocycles. The minimum Gasteiger partial charge on any atom is -0.364 e. The van der Waals surface area contributed by atoms with Crippen LogP contribution in [-0.2, 0) is 0 Å². The van der Waals surface area contributed by atoms with E-state index in [4.69, 9.17) is 0 Å². The Morgan fingerprint density at radius 2 is 2.38 bits per heavy atom. The third kappa shape index (κ3) is 2.68. The fourth-order valence-electron chi connectivity index (χ4n) is 2.62. The molecule has 1 aliphatic heterocycles. The van der Waals surface area contributed by atoms with Crippen LogP contribution in [0, 0.1) is 0 Å². The van der Waals surface area contributed by atoms with Crippen LogP contribution in [0.2, 0.25) is 0 Å². The molecule has 110 valence electrons. The lowest BCUT2D eigenvalue weighted by molar-refractivity contribution is 0.0962. The van der Waals surface area contributed by atoms with E-state index in [0.717, 1.165) is 29.4 Å². The van der Waals surface area contributed by atoms with Crippen LogP contribution < -0.4 is 10.2 Å². The molecule has 21 heavy (non-hydrogen) atoms. The van der Waals surface area contributed by atoms with Gasteiger partial charge in [0.15, 0.2) is 0 Å². The molecule has 1 aromatic heterocycles. The molecular weight excluding hydrogens is 300 g/mol. The van der Waals surface area contributed by atoms with Gasteiger partial charge in [0.1, 0.15) is 4.88 Å². The molecule has 0 atom stereocenters. The normalized spacial score (nSPS) is 14.7. The van der Waals surface area contributed by atoms with Gasteiger partial charge in [-0.25, -0.2) is 0 Å². The van der Waals surface area contributed by atoms with Crippen molar-refractivity contribution in [1.29, 1.82) is 0 Å². The lowest BCUT2D eigenvalue weighted by atomic mass is 10.2. The standard InChI is InChI=1S/C16H18N2OS2/c1-3-8-18-9-7-17-16(19)15-14(18)12-10-11(20-4-2)5-6-13(12)21-15/h3,5-6,10H,1,4,7-9H2,2H3,(H,17,19). The first kappa shape index (κ1) is 14.5. The molecule has 0 fully saturated rings. The van der Waals surface area contributed by atoms with Crippen molar-refractivity contribution < 1.29 is 4.79 Å². The summed E-state index contributed by atoms with van der Waals surface area (Å²) < 4.78 is 1.17. The molecule has 1 amide bonds. The summed E-state index contributed by atoms with van der Waals surface area (Å²) in [4.78, 5) is 16.6. The third-order valence-corrected chi connectivity index (χ3v) is 5.52. The Balaban J connectivity index is 2.19. The van der Waals surface area contributed by atoms with E-state index in [0.29, 0.717) is 6.54 Å².